The van der Waals surface area contributed by atoms with Crippen LogP contribution in [0, 0.1) is 28.6 Å². The van der Waals surface area contributed by atoms with Crippen molar-refractivity contribution in [3.8, 4) is 0 Å². The zero-order valence-electron chi connectivity index (χ0n) is 14.7. The van der Waals surface area contributed by atoms with Crippen LogP contribution < -0.4 is 5.73 Å². The number of nitrogens with two attached hydrogens (primary N) is 1. The Bertz CT molecular complexity index is 317. The van der Waals surface area contributed by atoms with Crippen LogP contribution in [-0.4, -0.2) is 17.8 Å². The second kappa shape index (κ2) is 6.58. The van der Waals surface area contributed by atoms with E-state index in [1.165, 1.54) is 38.5 Å². The average Bonchev–Trinajstić information content (AvgIpc) is 2.47. The van der Waals surface area contributed by atoms with E-state index in [0.29, 0.717) is 17.9 Å². The van der Waals surface area contributed by atoms with Crippen molar-refractivity contribution in [3.05, 3.63) is 0 Å². The molecule has 0 amide bonds. The first-order valence-electron chi connectivity index (χ1n) is 9.16. The summed E-state index contributed by atoms with van der Waals surface area (Å²) in [6.07, 6.45) is 9.52. The van der Waals surface area contributed by atoms with Crippen LogP contribution in [0.2, 0.25) is 0 Å². The third-order valence-corrected chi connectivity index (χ3v) is 6.75. The molecule has 124 valence electrons. The fourth-order valence-electron chi connectivity index (χ4n) is 4.76. The largest absolute Gasteiger partial charge is 0.392 e. The van der Waals surface area contributed by atoms with Gasteiger partial charge in [0.15, 0.2) is 0 Å². The molecule has 21 heavy (non-hydrogen) atoms. The first-order chi connectivity index (χ1) is 9.78. The summed E-state index contributed by atoms with van der Waals surface area (Å²) in [5.41, 5.74) is 6.57. The minimum absolute atomic E-state index is 0.0196. The van der Waals surface area contributed by atoms with Gasteiger partial charge in [-0.1, -0.05) is 40.5 Å². The quantitative estimate of drug-likeness (QED) is 0.813. The van der Waals surface area contributed by atoms with Crippen molar-refractivity contribution in [2.75, 3.05) is 6.54 Å². The van der Waals surface area contributed by atoms with Crippen molar-refractivity contribution >= 4 is 0 Å². The van der Waals surface area contributed by atoms with Crippen molar-refractivity contribution in [2.45, 2.75) is 85.2 Å². The van der Waals surface area contributed by atoms with Gasteiger partial charge in [-0.3, -0.25) is 0 Å². The molecular weight excluding hydrogens is 258 g/mol. The molecule has 3 N–H and O–H groups in total. The molecule has 0 spiro atoms. The Balaban J connectivity index is 1.95. The molecule has 0 saturated heterocycles. The molecule has 2 saturated carbocycles. The Morgan fingerprint density at radius 1 is 1.05 bits per heavy atom. The Hall–Kier alpha value is -0.0800. The van der Waals surface area contributed by atoms with E-state index >= 15 is 0 Å². The normalized spacial score (nSPS) is 40.0. The summed E-state index contributed by atoms with van der Waals surface area (Å²) in [4.78, 5) is 0. The van der Waals surface area contributed by atoms with Gasteiger partial charge >= 0.3 is 0 Å². The van der Waals surface area contributed by atoms with E-state index in [2.05, 4.69) is 27.7 Å². The lowest BCUT2D eigenvalue weighted by atomic mass is 9.61. The molecule has 1 unspecified atom stereocenters. The molecule has 2 rings (SSSR count). The van der Waals surface area contributed by atoms with Crippen molar-refractivity contribution in [1.82, 2.24) is 0 Å². The number of rotatable bonds is 3. The van der Waals surface area contributed by atoms with Crippen LogP contribution in [0.15, 0.2) is 0 Å². The third kappa shape index (κ3) is 3.82. The van der Waals surface area contributed by atoms with Gasteiger partial charge < -0.3 is 10.8 Å². The molecule has 0 aromatic rings. The molecule has 0 radical (unpaired) electrons. The predicted octanol–water partition coefficient (Wildman–Crippen LogP) is 4.36. The maximum atomic E-state index is 11.0. The van der Waals surface area contributed by atoms with E-state index in [4.69, 9.17) is 5.73 Å². The maximum absolute atomic E-state index is 11.0. The van der Waals surface area contributed by atoms with Crippen molar-refractivity contribution in [1.29, 1.82) is 0 Å². The van der Waals surface area contributed by atoms with Gasteiger partial charge in [-0.25, -0.2) is 0 Å². The fourth-order valence-corrected chi connectivity index (χ4v) is 4.76. The van der Waals surface area contributed by atoms with E-state index in [9.17, 15) is 5.11 Å². The average molecular weight is 296 g/mol. The highest BCUT2D eigenvalue weighted by Crippen LogP contribution is 2.47. The first-order valence-corrected chi connectivity index (χ1v) is 9.16. The Morgan fingerprint density at radius 3 is 2.00 bits per heavy atom. The lowest BCUT2D eigenvalue weighted by Crippen LogP contribution is -2.48. The predicted molar refractivity (Wildman–Crippen MR) is 90.0 cm³/mol. The SMILES string of the molecule is CC1CCC(CN)(C(O)C2CCC(C(C)(C)C)CC2)CC1. The molecule has 2 heteroatoms. The molecule has 2 fully saturated rings. The Kier molecular flexibility index (Phi) is 5.41. The second-order valence-corrected chi connectivity index (χ2v) is 9.17. The molecule has 2 nitrogen and oxygen atoms in total. The number of aliphatic hydroxyl groups is 1. The first kappa shape index (κ1) is 17.3. The van der Waals surface area contributed by atoms with Gasteiger partial charge in [-0.05, 0) is 61.7 Å². The lowest BCUT2D eigenvalue weighted by molar-refractivity contribution is -0.0598. The lowest BCUT2D eigenvalue weighted by Gasteiger charge is -2.47. The van der Waals surface area contributed by atoms with Gasteiger partial charge in [0.05, 0.1) is 6.10 Å². The monoisotopic (exact) mass is 295 g/mol. The number of aliphatic hydroxyl groups excluding tert-OH is 1. The van der Waals surface area contributed by atoms with Gasteiger partial charge in [0.1, 0.15) is 0 Å². The van der Waals surface area contributed by atoms with Crippen LogP contribution in [0.25, 0.3) is 0 Å². The Morgan fingerprint density at radius 2 is 1.57 bits per heavy atom. The van der Waals surface area contributed by atoms with Crippen LogP contribution in [0.4, 0.5) is 0 Å². The summed E-state index contributed by atoms with van der Waals surface area (Å²) in [6.45, 7) is 10.1. The highest BCUT2D eigenvalue weighted by Gasteiger charge is 2.44. The number of hydrogen-bond donors (Lipinski definition) is 2. The van der Waals surface area contributed by atoms with Gasteiger partial charge in [0.25, 0.3) is 0 Å². The van der Waals surface area contributed by atoms with Crippen molar-refractivity contribution in [2.24, 2.45) is 34.3 Å². The minimum atomic E-state index is -0.170. The molecule has 0 bridgehead atoms. The molecule has 1 atom stereocenters. The summed E-state index contributed by atoms with van der Waals surface area (Å²) >= 11 is 0. The van der Waals surface area contributed by atoms with Crippen molar-refractivity contribution < 1.29 is 5.11 Å². The maximum Gasteiger partial charge on any atom is 0.0636 e. The third-order valence-electron chi connectivity index (χ3n) is 6.75. The van der Waals surface area contributed by atoms with E-state index in [-0.39, 0.29) is 11.5 Å². The zero-order valence-corrected chi connectivity index (χ0v) is 14.7. The fraction of sp³-hybridized carbons (Fsp3) is 1.00. The van der Waals surface area contributed by atoms with E-state index in [1.807, 2.05) is 0 Å². The standard InChI is InChI=1S/C19H37NO/c1-14-9-11-19(13-20,12-10-14)17(21)15-5-7-16(8-6-15)18(2,3)4/h14-17,21H,5-13,20H2,1-4H3. The van der Waals surface area contributed by atoms with Gasteiger partial charge in [0, 0.05) is 12.0 Å². The van der Waals surface area contributed by atoms with E-state index in [1.54, 1.807) is 0 Å². The molecule has 0 aliphatic heterocycles. The van der Waals surface area contributed by atoms with Gasteiger partial charge in [0.2, 0.25) is 0 Å². The molecule has 0 aromatic carbocycles. The number of hydrogen-bond acceptors (Lipinski definition) is 2. The highest BCUT2D eigenvalue weighted by atomic mass is 16.3. The smallest absolute Gasteiger partial charge is 0.0636 e. The van der Waals surface area contributed by atoms with Crippen molar-refractivity contribution in [3.63, 3.8) is 0 Å². The van der Waals surface area contributed by atoms with E-state index < -0.39 is 0 Å². The second-order valence-electron chi connectivity index (χ2n) is 9.17. The summed E-state index contributed by atoms with van der Waals surface area (Å²) in [5, 5.41) is 11.0. The van der Waals surface area contributed by atoms with E-state index in [0.717, 1.165) is 24.7 Å². The zero-order chi connectivity index (χ0) is 15.7. The summed E-state index contributed by atoms with van der Waals surface area (Å²) in [7, 11) is 0. The molecule has 2 aliphatic rings. The topological polar surface area (TPSA) is 46.2 Å². The highest BCUT2D eigenvalue weighted by molar-refractivity contribution is 4.96. The summed E-state index contributed by atoms with van der Waals surface area (Å²) in [6, 6.07) is 0. The molecule has 0 heterocycles. The van der Waals surface area contributed by atoms with Gasteiger partial charge in [-0.15, -0.1) is 0 Å². The molecular formula is C19H37NO. The van der Waals surface area contributed by atoms with Crippen LogP contribution in [0.1, 0.15) is 79.1 Å². The van der Waals surface area contributed by atoms with Crippen LogP contribution in [0.3, 0.4) is 0 Å². The molecule has 0 aromatic heterocycles. The minimum Gasteiger partial charge on any atom is -0.392 e. The van der Waals surface area contributed by atoms with Crippen LogP contribution in [-0.2, 0) is 0 Å². The summed E-state index contributed by atoms with van der Waals surface area (Å²) < 4.78 is 0. The van der Waals surface area contributed by atoms with Crippen LogP contribution in [0.5, 0.6) is 0 Å². The summed E-state index contributed by atoms with van der Waals surface area (Å²) in [5.74, 6) is 2.12. The Labute approximate surface area is 131 Å². The molecule has 2 aliphatic carbocycles. The van der Waals surface area contributed by atoms with Gasteiger partial charge in [-0.2, -0.15) is 0 Å². The van der Waals surface area contributed by atoms with Crippen LogP contribution >= 0.6 is 0 Å².